The maximum atomic E-state index is 11.5. The molecule has 0 atom stereocenters. The van der Waals surface area contributed by atoms with Gasteiger partial charge in [-0.15, -0.1) is 0 Å². The summed E-state index contributed by atoms with van der Waals surface area (Å²) in [6.07, 6.45) is 0. The van der Waals surface area contributed by atoms with E-state index < -0.39 is 11.8 Å². The van der Waals surface area contributed by atoms with Gasteiger partial charge in [0.1, 0.15) is 12.4 Å². The lowest BCUT2D eigenvalue weighted by Crippen LogP contribution is -2.14. The monoisotopic (exact) mass is 290 g/mol. The van der Waals surface area contributed by atoms with Crippen LogP contribution in [0.1, 0.15) is 15.9 Å². The summed E-state index contributed by atoms with van der Waals surface area (Å²) >= 11 is 6.00. The Morgan fingerprint density at radius 1 is 1.05 bits per heavy atom. The first-order valence-corrected chi connectivity index (χ1v) is 6.20. The second kappa shape index (κ2) is 6.21. The molecule has 0 fully saturated rings. The van der Waals surface area contributed by atoms with Gasteiger partial charge in [0.05, 0.1) is 5.56 Å². The van der Waals surface area contributed by atoms with Crippen LogP contribution < -0.4 is 4.74 Å². The summed E-state index contributed by atoms with van der Waals surface area (Å²) in [7, 11) is 0. The number of Topliss-reactive ketones (excluding diaryl/α,β-unsaturated/α-hetero) is 1. The molecule has 2 rings (SSSR count). The van der Waals surface area contributed by atoms with Crippen molar-refractivity contribution in [2.24, 2.45) is 0 Å². The molecule has 2 aromatic carbocycles. The van der Waals surface area contributed by atoms with Gasteiger partial charge in [0, 0.05) is 10.6 Å². The van der Waals surface area contributed by atoms with E-state index in [1.54, 1.807) is 36.4 Å². The topological polar surface area (TPSA) is 63.6 Å². The fraction of sp³-hybridized carbons (Fsp3) is 0.0667. The van der Waals surface area contributed by atoms with Crippen molar-refractivity contribution in [3.8, 4) is 5.75 Å². The molecule has 0 aliphatic heterocycles. The first-order chi connectivity index (χ1) is 9.59. The Labute approximate surface area is 120 Å². The highest BCUT2D eigenvalue weighted by Gasteiger charge is 2.19. The number of hydrogen-bond acceptors (Lipinski definition) is 3. The molecule has 0 saturated heterocycles. The molecule has 0 aliphatic carbocycles. The molecule has 0 aliphatic rings. The number of ether oxygens (including phenoxy) is 1. The number of carboxylic acid groups (broad SMARTS) is 1. The fourth-order valence-electron chi connectivity index (χ4n) is 1.67. The number of para-hydroxylation sites is 1. The van der Waals surface area contributed by atoms with E-state index in [0.717, 1.165) is 5.56 Å². The molecular formula is C15H11ClO4. The first kappa shape index (κ1) is 14.1. The van der Waals surface area contributed by atoms with Crippen molar-refractivity contribution < 1.29 is 19.4 Å². The zero-order chi connectivity index (χ0) is 14.5. The minimum Gasteiger partial charge on any atom is -0.488 e. The van der Waals surface area contributed by atoms with Gasteiger partial charge in [-0.05, 0) is 18.2 Å². The second-order valence-electron chi connectivity index (χ2n) is 4.01. The highest BCUT2D eigenvalue weighted by Crippen LogP contribution is 2.22. The number of hydrogen-bond donors (Lipinski definition) is 1. The Hall–Kier alpha value is -2.33. The molecule has 0 aromatic heterocycles. The van der Waals surface area contributed by atoms with Crippen LogP contribution in [0.3, 0.4) is 0 Å². The van der Waals surface area contributed by atoms with Gasteiger partial charge in [0.2, 0.25) is 0 Å². The summed E-state index contributed by atoms with van der Waals surface area (Å²) in [6, 6.07) is 13.4. The number of benzene rings is 2. The third kappa shape index (κ3) is 3.16. The third-order valence-electron chi connectivity index (χ3n) is 2.67. The number of halogens is 1. The molecule has 0 heterocycles. The van der Waals surface area contributed by atoms with Crippen molar-refractivity contribution in [2.75, 3.05) is 0 Å². The number of carboxylic acids is 1. The van der Waals surface area contributed by atoms with E-state index in [0.29, 0.717) is 5.02 Å². The minimum atomic E-state index is -1.52. The maximum absolute atomic E-state index is 11.5. The van der Waals surface area contributed by atoms with Gasteiger partial charge < -0.3 is 9.84 Å². The Morgan fingerprint density at radius 3 is 2.40 bits per heavy atom. The Morgan fingerprint density at radius 2 is 1.70 bits per heavy atom. The van der Waals surface area contributed by atoms with E-state index in [9.17, 15) is 9.59 Å². The van der Waals surface area contributed by atoms with Gasteiger partial charge in [-0.2, -0.15) is 0 Å². The van der Waals surface area contributed by atoms with Crippen LogP contribution in [0.2, 0.25) is 5.02 Å². The van der Waals surface area contributed by atoms with E-state index in [1.807, 2.05) is 6.07 Å². The van der Waals surface area contributed by atoms with Crippen molar-refractivity contribution in [1.29, 1.82) is 0 Å². The van der Waals surface area contributed by atoms with E-state index in [1.165, 1.54) is 6.07 Å². The average molecular weight is 291 g/mol. The van der Waals surface area contributed by atoms with E-state index in [-0.39, 0.29) is 17.9 Å². The Balaban J connectivity index is 2.20. The van der Waals surface area contributed by atoms with Crippen LogP contribution in [0.4, 0.5) is 0 Å². The van der Waals surface area contributed by atoms with E-state index >= 15 is 0 Å². The number of carbonyl (C=O) groups excluding carboxylic acids is 1. The summed E-state index contributed by atoms with van der Waals surface area (Å²) in [5, 5.41) is 9.31. The lowest BCUT2D eigenvalue weighted by Gasteiger charge is -2.10. The standard InChI is InChI=1S/C15H11ClO4/c16-12-7-3-1-5-10(12)9-20-13-8-4-2-6-11(13)14(17)15(18)19/h1-8H,9H2,(H,18,19). The highest BCUT2D eigenvalue weighted by molar-refractivity contribution is 6.40. The highest BCUT2D eigenvalue weighted by atomic mass is 35.5. The number of aliphatic carboxylic acids is 1. The van der Waals surface area contributed by atoms with Crippen LogP contribution >= 0.6 is 11.6 Å². The molecule has 20 heavy (non-hydrogen) atoms. The van der Waals surface area contributed by atoms with Crippen LogP contribution in [0.15, 0.2) is 48.5 Å². The smallest absolute Gasteiger partial charge is 0.377 e. The molecule has 1 N–H and O–H groups in total. The summed E-state index contributed by atoms with van der Waals surface area (Å²) in [6.45, 7) is 0.156. The molecule has 0 unspecified atom stereocenters. The molecule has 0 saturated carbocycles. The lowest BCUT2D eigenvalue weighted by atomic mass is 10.1. The van der Waals surface area contributed by atoms with E-state index in [4.69, 9.17) is 21.4 Å². The van der Waals surface area contributed by atoms with Crippen LogP contribution in [-0.4, -0.2) is 16.9 Å². The normalized spacial score (nSPS) is 10.1. The molecule has 4 nitrogen and oxygen atoms in total. The quantitative estimate of drug-likeness (QED) is 0.678. The zero-order valence-corrected chi connectivity index (χ0v) is 11.1. The third-order valence-corrected chi connectivity index (χ3v) is 3.04. The summed E-state index contributed by atoms with van der Waals surface area (Å²) in [4.78, 5) is 22.3. The van der Waals surface area contributed by atoms with Crippen LogP contribution in [0.5, 0.6) is 5.75 Å². The fourth-order valence-corrected chi connectivity index (χ4v) is 1.86. The molecule has 102 valence electrons. The Bertz CT molecular complexity index is 652. The van der Waals surface area contributed by atoms with Crippen LogP contribution in [0.25, 0.3) is 0 Å². The van der Waals surface area contributed by atoms with Gasteiger partial charge in [-0.3, -0.25) is 4.79 Å². The summed E-state index contributed by atoms with van der Waals surface area (Å²) < 4.78 is 5.51. The summed E-state index contributed by atoms with van der Waals surface area (Å²) in [5.41, 5.74) is 0.777. The predicted molar refractivity (Wildman–Crippen MR) is 74.2 cm³/mol. The molecule has 0 amide bonds. The molecule has 0 radical (unpaired) electrons. The van der Waals surface area contributed by atoms with Crippen molar-refractivity contribution in [3.05, 3.63) is 64.7 Å². The average Bonchev–Trinajstić information content (AvgIpc) is 2.46. The SMILES string of the molecule is O=C(O)C(=O)c1ccccc1OCc1ccccc1Cl. The van der Waals surface area contributed by atoms with Gasteiger partial charge in [-0.1, -0.05) is 41.9 Å². The lowest BCUT2D eigenvalue weighted by molar-refractivity contribution is -0.131. The molecule has 0 spiro atoms. The summed E-state index contributed by atoms with van der Waals surface area (Å²) in [5.74, 6) is -2.29. The zero-order valence-electron chi connectivity index (χ0n) is 10.4. The van der Waals surface area contributed by atoms with Crippen LogP contribution in [-0.2, 0) is 11.4 Å². The second-order valence-corrected chi connectivity index (χ2v) is 4.42. The van der Waals surface area contributed by atoms with Crippen molar-refractivity contribution in [3.63, 3.8) is 0 Å². The van der Waals surface area contributed by atoms with E-state index in [2.05, 4.69) is 0 Å². The number of rotatable bonds is 5. The number of ketones is 1. The maximum Gasteiger partial charge on any atom is 0.377 e. The molecule has 2 aromatic rings. The Kier molecular flexibility index (Phi) is 4.38. The van der Waals surface area contributed by atoms with Crippen molar-refractivity contribution in [1.82, 2.24) is 0 Å². The van der Waals surface area contributed by atoms with Gasteiger partial charge in [0.15, 0.2) is 0 Å². The van der Waals surface area contributed by atoms with Crippen molar-refractivity contribution in [2.45, 2.75) is 6.61 Å². The van der Waals surface area contributed by atoms with Gasteiger partial charge in [-0.25, -0.2) is 4.79 Å². The molecule has 5 heteroatoms. The molecule has 0 bridgehead atoms. The predicted octanol–water partition coefficient (Wildman–Crippen LogP) is 3.19. The number of carbonyl (C=O) groups is 2. The van der Waals surface area contributed by atoms with Crippen molar-refractivity contribution >= 4 is 23.4 Å². The van der Waals surface area contributed by atoms with Crippen LogP contribution in [0, 0.1) is 0 Å². The minimum absolute atomic E-state index is 0.0204. The molecular weight excluding hydrogens is 280 g/mol. The van der Waals surface area contributed by atoms with Gasteiger partial charge in [0.25, 0.3) is 5.78 Å². The van der Waals surface area contributed by atoms with Gasteiger partial charge >= 0.3 is 5.97 Å². The largest absolute Gasteiger partial charge is 0.488 e. The first-order valence-electron chi connectivity index (χ1n) is 5.82.